The number of hydrogen-bond acceptors (Lipinski definition) is 5. The molecule has 0 saturated heterocycles. The highest BCUT2D eigenvalue weighted by atomic mass is 32.2. The summed E-state index contributed by atoms with van der Waals surface area (Å²) in [6.07, 6.45) is 0.769. The molecule has 102 valence electrons. The first-order valence-electron chi connectivity index (χ1n) is 6.37. The summed E-state index contributed by atoms with van der Waals surface area (Å²) in [4.78, 5) is 8.97. The number of thioether (sulfide) groups is 1. The molecule has 0 radical (unpaired) electrons. The summed E-state index contributed by atoms with van der Waals surface area (Å²) in [5.41, 5.74) is 3.26. The van der Waals surface area contributed by atoms with Gasteiger partial charge in [-0.15, -0.1) is 0 Å². The molecule has 4 nitrogen and oxygen atoms in total. The lowest BCUT2D eigenvalue weighted by Crippen LogP contribution is -2.32. The average Bonchev–Trinajstić information content (AvgIpc) is 2.33. The molecule has 1 heterocycles. The summed E-state index contributed by atoms with van der Waals surface area (Å²) >= 11 is 1.65. The Morgan fingerprint density at radius 2 is 1.83 bits per heavy atom. The Kier molecular flexibility index (Phi) is 6.60. The van der Waals surface area contributed by atoms with Crippen molar-refractivity contribution >= 4 is 11.8 Å². The maximum Gasteiger partial charge on any atom is 0.188 e. The second kappa shape index (κ2) is 7.71. The third-order valence-electron chi connectivity index (χ3n) is 3.00. The van der Waals surface area contributed by atoms with Gasteiger partial charge in [0.1, 0.15) is 0 Å². The molecule has 2 N–H and O–H groups in total. The van der Waals surface area contributed by atoms with Crippen LogP contribution in [-0.2, 0) is 0 Å². The molecule has 0 aromatic carbocycles. The van der Waals surface area contributed by atoms with Gasteiger partial charge in [-0.2, -0.15) is 0 Å². The minimum Gasteiger partial charge on any atom is -0.396 e. The summed E-state index contributed by atoms with van der Waals surface area (Å²) < 4.78 is 0. The van der Waals surface area contributed by atoms with Crippen molar-refractivity contribution in [2.45, 2.75) is 45.3 Å². The van der Waals surface area contributed by atoms with E-state index in [-0.39, 0.29) is 6.61 Å². The molecule has 0 saturated carbocycles. The monoisotopic (exact) mass is 269 g/mol. The number of aliphatic hydroxyl groups is 1. The fraction of sp³-hybridized carbons (Fsp3) is 0.692. The Morgan fingerprint density at radius 3 is 2.33 bits per heavy atom. The summed E-state index contributed by atoms with van der Waals surface area (Å²) in [5.74, 6) is 0.885. The minimum atomic E-state index is 0.213. The minimum absolute atomic E-state index is 0.213. The van der Waals surface area contributed by atoms with Gasteiger partial charge in [0, 0.05) is 29.8 Å². The molecule has 1 aromatic heterocycles. The summed E-state index contributed by atoms with van der Waals surface area (Å²) in [6.45, 7) is 9.29. The van der Waals surface area contributed by atoms with Crippen molar-refractivity contribution in [3.63, 3.8) is 0 Å². The van der Waals surface area contributed by atoms with Gasteiger partial charge in [-0.05, 0) is 39.3 Å². The molecule has 5 heteroatoms. The molecule has 18 heavy (non-hydrogen) atoms. The molecule has 0 spiro atoms. The average molecular weight is 269 g/mol. The zero-order valence-electron chi connectivity index (χ0n) is 11.7. The normalized spacial score (nSPS) is 12.7. The molecule has 0 aliphatic carbocycles. The van der Waals surface area contributed by atoms with Crippen LogP contribution in [0.5, 0.6) is 0 Å². The number of aromatic nitrogens is 2. The van der Waals surface area contributed by atoms with E-state index in [1.54, 1.807) is 11.8 Å². The predicted octanol–water partition coefficient (Wildman–Crippen LogP) is 1.85. The van der Waals surface area contributed by atoms with E-state index in [1.807, 2.05) is 20.8 Å². The third kappa shape index (κ3) is 4.55. The van der Waals surface area contributed by atoms with E-state index < -0.39 is 0 Å². The van der Waals surface area contributed by atoms with Crippen molar-refractivity contribution in [3.05, 3.63) is 17.0 Å². The molecule has 0 aliphatic rings. The fourth-order valence-corrected chi connectivity index (χ4v) is 2.71. The van der Waals surface area contributed by atoms with Crippen LogP contribution in [0.25, 0.3) is 0 Å². The maximum atomic E-state index is 9.00. The Morgan fingerprint density at radius 1 is 1.22 bits per heavy atom. The van der Waals surface area contributed by atoms with Gasteiger partial charge in [-0.1, -0.05) is 18.7 Å². The Hall–Kier alpha value is -0.650. The number of aliphatic hydroxyl groups excluding tert-OH is 1. The van der Waals surface area contributed by atoms with Crippen LogP contribution in [-0.4, -0.2) is 40.0 Å². The van der Waals surface area contributed by atoms with E-state index in [4.69, 9.17) is 5.11 Å². The lowest BCUT2D eigenvalue weighted by molar-refractivity contribution is 0.271. The van der Waals surface area contributed by atoms with E-state index >= 15 is 0 Å². The molecular formula is C13H23N3OS. The first-order chi connectivity index (χ1) is 8.58. The van der Waals surface area contributed by atoms with E-state index in [0.29, 0.717) is 6.04 Å². The van der Waals surface area contributed by atoms with Gasteiger partial charge < -0.3 is 10.4 Å². The van der Waals surface area contributed by atoms with E-state index in [1.165, 1.54) is 0 Å². The van der Waals surface area contributed by atoms with Crippen molar-refractivity contribution < 1.29 is 5.11 Å². The molecule has 1 unspecified atom stereocenters. The summed E-state index contributed by atoms with van der Waals surface area (Å²) in [5, 5.41) is 13.2. The van der Waals surface area contributed by atoms with E-state index in [2.05, 4.69) is 22.2 Å². The maximum absolute atomic E-state index is 9.00. The van der Waals surface area contributed by atoms with Crippen LogP contribution in [0, 0.1) is 20.8 Å². The molecule has 0 fully saturated rings. The highest BCUT2D eigenvalue weighted by Gasteiger charge is 2.10. The first kappa shape index (κ1) is 15.4. The number of nitrogens with zero attached hydrogens (tertiary/aromatic N) is 2. The standard InChI is InChI=1S/C13H23N3OS/c1-5-14-12(6-7-17)8-18-13-15-10(3)9(2)11(4)16-13/h12,14,17H,5-8H2,1-4H3. The van der Waals surface area contributed by atoms with Gasteiger partial charge in [0.05, 0.1) is 0 Å². The second-order valence-corrected chi connectivity index (χ2v) is 5.37. The lowest BCUT2D eigenvalue weighted by Gasteiger charge is -2.16. The molecule has 0 amide bonds. The van der Waals surface area contributed by atoms with Gasteiger partial charge in [0.25, 0.3) is 0 Å². The first-order valence-corrected chi connectivity index (χ1v) is 7.35. The topological polar surface area (TPSA) is 58.0 Å². The smallest absolute Gasteiger partial charge is 0.188 e. The Balaban J connectivity index is 2.61. The fourth-order valence-electron chi connectivity index (χ4n) is 1.67. The number of nitrogens with one attached hydrogen (secondary N) is 1. The van der Waals surface area contributed by atoms with Crippen LogP contribution in [0.15, 0.2) is 5.16 Å². The highest BCUT2D eigenvalue weighted by Crippen LogP contribution is 2.18. The third-order valence-corrected chi connectivity index (χ3v) is 4.01. The van der Waals surface area contributed by atoms with Crippen LogP contribution in [0.3, 0.4) is 0 Å². The second-order valence-electron chi connectivity index (χ2n) is 4.38. The van der Waals surface area contributed by atoms with Crippen molar-refractivity contribution in [2.75, 3.05) is 18.9 Å². The lowest BCUT2D eigenvalue weighted by atomic mass is 10.2. The molecule has 1 rings (SSSR count). The van der Waals surface area contributed by atoms with Crippen LogP contribution >= 0.6 is 11.8 Å². The van der Waals surface area contributed by atoms with Gasteiger partial charge in [0.15, 0.2) is 5.16 Å². The summed E-state index contributed by atoms with van der Waals surface area (Å²) in [7, 11) is 0. The largest absolute Gasteiger partial charge is 0.396 e. The van der Waals surface area contributed by atoms with Crippen LogP contribution in [0.1, 0.15) is 30.3 Å². The van der Waals surface area contributed by atoms with Crippen molar-refractivity contribution in [2.24, 2.45) is 0 Å². The van der Waals surface area contributed by atoms with Gasteiger partial charge >= 0.3 is 0 Å². The number of hydrogen-bond donors (Lipinski definition) is 2. The SMILES string of the molecule is CCNC(CCO)CSc1nc(C)c(C)c(C)n1. The molecule has 0 bridgehead atoms. The molecule has 0 aliphatic heterocycles. The van der Waals surface area contributed by atoms with Gasteiger partial charge in [-0.25, -0.2) is 9.97 Å². The highest BCUT2D eigenvalue weighted by molar-refractivity contribution is 7.99. The molecule has 1 atom stereocenters. The van der Waals surface area contributed by atoms with Crippen molar-refractivity contribution in [1.29, 1.82) is 0 Å². The predicted molar refractivity (Wildman–Crippen MR) is 76.1 cm³/mol. The molecule has 1 aromatic rings. The number of aryl methyl sites for hydroxylation is 2. The van der Waals surface area contributed by atoms with E-state index in [9.17, 15) is 0 Å². The van der Waals surface area contributed by atoms with Gasteiger partial charge in [0.2, 0.25) is 0 Å². The Labute approximate surface area is 114 Å². The van der Waals surface area contributed by atoms with Gasteiger partial charge in [-0.3, -0.25) is 0 Å². The quantitative estimate of drug-likeness (QED) is 0.584. The Bertz CT molecular complexity index is 355. The van der Waals surface area contributed by atoms with Crippen molar-refractivity contribution in [3.8, 4) is 0 Å². The van der Waals surface area contributed by atoms with Crippen molar-refractivity contribution in [1.82, 2.24) is 15.3 Å². The zero-order chi connectivity index (χ0) is 13.5. The zero-order valence-corrected chi connectivity index (χ0v) is 12.5. The molecular weight excluding hydrogens is 246 g/mol. The summed E-state index contributed by atoms with van der Waals surface area (Å²) in [6, 6.07) is 0.315. The number of rotatable bonds is 7. The van der Waals surface area contributed by atoms with Crippen LogP contribution in [0.2, 0.25) is 0 Å². The van der Waals surface area contributed by atoms with Crippen LogP contribution < -0.4 is 5.32 Å². The van der Waals surface area contributed by atoms with Crippen LogP contribution in [0.4, 0.5) is 0 Å². The van der Waals surface area contributed by atoms with E-state index in [0.717, 1.165) is 40.8 Å².